The number of phenolic OH excluding ortho intramolecular Hbond substituents is 1. The minimum Gasteiger partial charge on any atom is -0.506 e. The minimum absolute atomic E-state index is 0.0168. The fourth-order valence-electron chi connectivity index (χ4n) is 1.51. The molecule has 1 N–H and O–H groups in total. The van der Waals surface area contributed by atoms with E-state index in [0.29, 0.717) is 0 Å². The van der Waals surface area contributed by atoms with Crippen LogP contribution in [0, 0.1) is 6.92 Å². The van der Waals surface area contributed by atoms with Crippen molar-refractivity contribution in [2.75, 3.05) is 0 Å². The maximum absolute atomic E-state index is 12.3. The van der Waals surface area contributed by atoms with Gasteiger partial charge < -0.3 is 5.11 Å². The molecule has 0 unspecified atom stereocenters. The van der Waals surface area contributed by atoms with Crippen LogP contribution in [0.15, 0.2) is 52.3 Å². The third-order valence-corrected chi connectivity index (χ3v) is 4.63. The van der Waals surface area contributed by atoms with Gasteiger partial charge in [0, 0.05) is 0 Å². The Bertz CT molecular complexity index is 676. The first-order valence-electron chi connectivity index (χ1n) is 5.21. The van der Waals surface area contributed by atoms with Crippen LogP contribution in [0.4, 0.5) is 0 Å². The number of benzene rings is 2. The first-order valence-corrected chi connectivity index (χ1v) is 7.07. The summed E-state index contributed by atoms with van der Waals surface area (Å²) in [5.41, 5.74) is 0.984. The number of aryl methyl sites for hydroxylation is 1. The summed E-state index contributed by atoms with van der Waals surface area (Å²) in [6.07, 6.45) is 0. The molecule has 0 bridgehead atoms. The van der Waals surface area contributed by atoms with E-state index in [1.165, 1.54) is 18.2 Å². The second-order valence-electron chi connectivity index (χ2n) is 3.93. The Labute approximate surface area is 111 Å². The Kier molecular flexibility index (Phi) is 3.32. The van der Waals surface area contributed by atoms with Crippen LogP contribution in [0.3, 0.4) is 0 Å². The zero-order chi connectivity index (χ0) is 13.3. The van der Waals surface area contributed by atoms with E-state index in [9.17, 15) is 13.5 Å². The van der Waals surface area contributed by atoms with Crippen LogP contribution >= 0.6 is 11.6 Å². The van der Waals surface area contributed by atoms with E-state index in [-0.39, 0.29) is 20.6 Å². The Morgan fingerprint density at radius 2 is 1.56 bits per heavy atom. The van der Waals surface area contributed by atoms with Gasteiger partial charge in [-0.15, -0.1) is 0 Å². The van der Waals surface area contributed by atoms with Gasteiger partial charge in [-0.2, -0.15) is 0 Å². The van der Waals surface area contributed by atoms with Crippen molar-refractivity contribution in [3.05, 3.63) is 53.1 Å². The topological polar surface area (TPSA) is 54.4 Å². The quantitative estimate of drug-likeness (QED) is 0.920. The van der Waals surface area contributed by atoms with Crippen molar-refractivity contribution in [3.63, 3.8) is 0 Å². The van der Waals surface area contributed by atoms with E-state index in [2.05, 4.69) is 0 Å². The molecule has 0 amide bonds. The van der Waals surface area contributed by atoms with Crippen LogP contribution in [-0.4, -0.2) is 13.5 Å². The number of rotatable bonds is 2. The number of sulfone groups is 1. The molecule has 0 aliphatic carbocycles. The molecule has 2 aromatic rings. The zero-order valence-electron chi connectivity index (χ0n) is 9.59. The van der Waals surface area contributed by atoms with Gasteiger partial charge in [-0.1, -0.05) is 29.3 Å². The van der Waals surface area contributed by atoms with Crippen molar-refractivity contribution in [2.24, 2.45) is 0 Å². The molecule has 0 atom stereocenters. The van der Waals surface area contributed by atoms with Gasteiger partial charge >= 0.3 is 0 Å². The van der Waals surface area contributed by atoms with Crippen molar-refractivity contribution in [3.8, 4) is 5.75 Å². The van der Waals surface area contributed by atoms with Crippen LogP contribution in [-0.2, 0) is 9.84 Å². The molecular weight excluding hydrogens is 272 g/mol. The van der Waals surface area contributed by atoms with Crippen LogP contribution in [0.2, 0.25) is 5.02 Å². The average molecular weight is 283 g/mol. The summed E-state index contributed by atoms with van der Waals surface area (Å²) >= 11 is 5.72. The van der Waals surface area contributed by atoms with Crippen molar-refractivity contribution in [1.82, 2.24) is 0 Å². The van der Waals surface area contributed by atoms with Crippen LogP contribution in [0.25, 0.3) is 0 Å². The van der Waals surface area contributed by atoms with E-state index in [1.807, 2.05) is 6.92 Å². The molecule has 0 radical (unpaired) electrons. The predicted molar refractivity (Wildman–Crippen MR) is 69.7 cm³/mol. The summed E-state index contributed by atoms with van der Waals surface area (Å²) in [6, 6.07) is 10.4. The highest BCUT2D eigenvalue weighted by molar-refractivity contribution is 7.91. The number of phenols is 1. The van der Waals surface area contributed by atoms with E-state index in [1.54, 1.807) is 24.3 Å². The monoisotopic (exact) mass is 282 g/mol. The van der Waals surface area contributed by atoms with Crippen molar-refractivity contribution in [1.29, 1.82) is 0 Å². The summed E-state index contributed by atoms with van der Waals surface area (Å²) in [4.78, 5) is 0.268. The third-order valence-electron chi connectivity index (χ3n) is 2.56. The minimum atomic E-state index is -3.59. The molecule has 94 valence electrons. The third kappa shape index (κ3) is 2.35. The van der Waals surface area contributed by atoms with Gasteiger partial charge in [0.15, 0.2) is 0 Å². The summed E-state index contributed by atoms with van der Waals surface area (Å²) in [5, 5.41) is 9.31. The smallest absolute Gasteiger partial charge is 0.206 e. The fraction of sp³-hybridized carbons (Fsp3) is 0.0769. The molecule has 0 aliphatic rings. The molecule has 0 aromatic heterocycles. The maximum Gasteiger partial charge on any atom is 0.206 e. The predicted octanol–water partition coefficient (Wildman–Crippen LogP) is 3.19. The lowest BCUT2D eigenvalue weighted by molar-refractivity contribution is 0.475. The zero-order valence-corrected chi connectivity index (χ0v) is 11.2. The first kappa shape index (κ1) is 12.9. The second-order valence-corrected chi connectivity index (χ2v) is 6.29. The largest absolute Gasteiger partial charge is 0.506 e. The molecule has 2 aromatic carbocycles. The lowest BCUT2D eigenvalue weighted by Crippen LogP contribution is -2.01. The van der Waals surface area contributed by atoms with E-state index in [0.717, 1.165) is 5.56 Å². The summed E-state index contributed by atoms with van der Waals surface area (Å²) in [7, 11) is -3.59. The van der Waals surface area contributed by atoms with Crippen LogP contribution in [0.5, 0.6) is 5.75 Å². The van der Waals surface area contributed by atoms with Gasteiger partial charge in [0.25, 0.3) is 0 Å². The molecule has 0 saturated heterocycles. The van der Waals surface area contributed by atoms with Gasteiger partial charge in [0.1, 0.15) is 5.75 Å². The Balaban J connectivity index is 2.54. The molecule has 0 aliphatic heterocycles. The Morgan fingerprint density at radius 1 is 1.00 bits per heavy atom. The molecule has 2 rings (SSSR count). The Morgan fingerprint density at radius 3 is 2.11 bits per heavy atom. The molecule has 3 nitrogen and oxygen atoms in total. The first-order chi connectivity index (χ1) is 8.41. The van der Waals surface area contributed by atoms with Gasteiger partial charge in [0.2, 0.25) is 9.84 Å². The fourth-order valence-corrected chi connectivity index (χ4v) is 3.04. The van der Waals surface area contributed by atoms with Gasteiger partial charge in [-0.25, -0.2) is 8.42 Å². The number of halogens is 1. The van der Waals surface area contributed by atoms with E-state index in [4.69, 9.17) is 11.6 Å². The van der Waals surface area contributed by atoms with Crippen molar-refractivity contribution < 1.29 is 13.5 Å². The SMILES string of the molecule is Cc1ccc(S(=O)(=O)c2ccc(O)c(Cl)c2)cc1. The summed E-state index contributed by atoms with van der Waals surface area (Å²) in [5.74, 6) is -0.139. The summed E-state index contributed by atoms with van der Waals surface area (Å²) < 4.78 is 24.5. The average Bonchev–Trinajstić information content (AvgIpc) is 2.33. The number of aromatic hydroxyl groups is 1. The maximum atomic E-state index is 12.3. The van der Waals surface area contributed by atoms with E-state index < -0.39 is 9.84 Å². The molecule has 0 spiro atoms. The molecular formula is C13H11ClO3S. The number of hydrogen-bond acceptors (Lipinski definition) is 3. The normalized spacial score (nSPS) is 11.4. The van der Waals surface area contributed by atoms with Crippen LogP contribution < -0.4 is 0 Å². The van der Waals surface area contributed by atoms with Crippen molar-refractivity contribution in [2.45, 2.75) is 16.7 Å². The lowest BCUT2D eigenvalue weighted by Gasteiger charge is -2.06. The summed E-state index contributed by atoms with van der Waals surface area (Å²) in [6.45, 7) is 1.88. The van der Waals surface area contributed by atoms with Gasteiger partial charge in [-0.05, 0) is 37.3 Å². The second kappa shape index (κ2) is 4.63. The van der Waals surface area contributed by atoms with Crippen LogP contribution in [0.1, 0.15) is 5.56 Å². The van der Waals surface area contributed by atoms with Crippen molar-refractivity contribution >= 4 is 21.4 Å². The number of hydrogen-bond donors (Lipinski definition) is 1. The molecule has 18 heavy (non-hydrogen) atoms. The highest BCUT2D eigenvalue weighted by Crippen LogP contribution is 2.29. The van der Waals surface area contributed by atoms with E-state index >= 15 is 0 Å². The Hall–Kier alpha value is -1.52. The highest BCUT2D eigenvalue weighted by atomic mass is 35.5. The van der Waals surface area contributed by atoms with Gasteiger partial charge in [-0.3, -0.25) is 0 Å². The highest BCUT2D eigenvalue weighted by Gasteiger charge is 2.18. The van der Waals surface area contributed by atoms with Gasteiger partial charge in [0.05, 0.1) is 14.8 Å². The molecule has 0 heterocycles. The standard InChI is InChI=1S/C13H11ClO3S/c1-9-2-4-10(5-3-9)18(16,17)11-6-7-13(15)12(14)8-11/h2-8,15H,1H3. The molecule has 0 saturated carbocycles. The lowest BCUT2D eigenvalue weighted by atomic mass is 10.2. The molecule has 0 fully saturated rings. The molecule has 5 heteroatoms.